The number of benzene rings is 2. The van der Waals surface area contributed by atoms with E-state index in [0.29, 0.717) is 11.3 Å². The van der Waals surface area contributed by atoms with Crippen molar-refractivity contribution in [2.45, 2.75) is 19.3 Å². The summed E-state index contributed by atoms with van der Waals surface area (Å²) in [5.74, 6) is -1.87. The molecule has 33 heavy (non-hydrogen) atoms. The Kier molecular flexibility index (Phi) is 6.41. The van der Waals surface area contributed by atoms with Crippen LogP contribution in [0.25, 0.3) is 6.08 Å². The van der Waals surface area contributed by atoms with E-state index in [1.807, 2.05) is 18.2 Å². The largest absolute Gasteiger partial charge is 0.496 e. The van der Waals surface area contributed by atoms with Gasteiger partial charge in [0.15, 0.2) is 5.11 Å². The molecule has 2 saturated heterocycles. The zero-order valence-corrected chi connectivity index (χ0v) is 18.9. The maximum absolute atomic E-state index is 13.3. The fourth-order valence-electron chi connectivity index (χ4n) is 3.99. The normalized spacial score (nSPS) is 17.8. The van der Waals surface area contributed by atoms with E-state index >= 15 is 0 Å². The van der Waals surface area contributed by atoms with E-state index in [1.54, 1.807) is 13.2 Å². The molecule has 0 spiro atoms. The number of hydrogen-bond acceptors (Lipinski definition) is 6. The molecule has 0 saturated carbocycles. The third-order valence-corrected chi connectivity index (χ3v) is 5.98. The minimum Gasteiger partial charge on any atom is -0.496 e. The molecule has 8 nitrogen and oxygen atoms in total. The van der Waals surface area contributed by atoms with Gasteiger partial charge < -0.3 is 14.7 Å². The number of carbonyl (C=O) groups excluding carboxylic acids is 2. The third-order valence-electron chi connectivity index (χ3n) is 5.69. The number of nitrogens with zero attached hydrogens (tertiary/aromatic N) is 2. The molecule has 2 fully saturated rings. The van der Waals surface area contributed by atoms with Crippen molar-refractivity contribution in [3.05, 3.63) is 59.2 Å². The highest BCUT2D eigenvalue weighted by Gasteiger charge is 2.35. The number of amides is 2. The molecule has 0 radical (unpaired) electrons. The number of methoxy groups -OCH3 is 1. The fourth-order valence-corrected chi connectivity index (χ4v) is 4.27. The maximum Gasteiger partial charge on any atom is 0.335 e. The van der Waals surface area contributed by atoms with Crippen LogP contribution >= 0.6 is 12.2 Å². The van der Waals surface area contributed by atoms with Gasteiger partial charge in [-0.2, -0.15) is 0 Å². The molecule has 4 rings (SSSR count). The smallest absolute Gasteiger partial charge is 0.335 e. The van der Waals surface area contributed by atoms with Crippen LogP contribution < -0.4 is 19.9 Å². The number of thiocarbonyl (C=S) groups is 1. The molecule has 170 valence electrons. The molecule has 0 aliphatic carbocycles. The number of piperidine rings is 1. The van der Waals surface area contributed by atoms with E-state index in [-0.39, 0.29) is 21.9 Å². The number of rotatable bonds is 5. The highest BCUT2D eigenvalue weighted by molar-refractivity contribution is 7.80. The molecular formula is C24H23N3O5S. The average Bonchev–Trinajstić information content (AvgIpc) is 2.82. The van der Waals surface area contributed by atoms with Crippen molar-refractivity contribution in [3.63, 3.8) is 0 Å². The molecule has 2 N–H and O–H groups in total. The van der Waals surface area contributed by atoms with Gasteiger partial charge in [-0.1, -0.05) is 6.07 Å². The molecule has 0 atom stereocenters. The van der Waals surface area contributed by atoms with Gasteiger partial charge in [-0.15, -0.1) is 0 Å². The second kappa shape index (κ2) is 9.41. The lowest BCUT2D eigenvalue weighted by Gasteiger charge is -2.30. The number of aromatic carboxylic acids is 1. The molecule has 2 aliphatic heterocycles. The van der Waals surface area contributed by atoms with Gasteiger partial charge in [0.25, 0.3) is 11.8 Å². The Hall–Kier alpha value is -3.72. The van der Waals surface area contributed by atoms with Gasteiger partial charge in [-0.25, -0.2) is 4.79 Å². The molecule has 0 aromatic heterocycles. The number of ether oxygens (including phenoxy) is 1. The Morgan fingerprint density at radius 3 is 2.55 bits per heavy atom. The number of carboxylic acids is 1. The summed E-state index contributed by atoms with van der Waals surface area (Å²) in [5, 5.41) is 11.7. The van der Waals surface area contributed by atoms with E-state index in [1.165, 1.54) is 30.7 Å². The predicted molar refractivity (Wildman–Crippen MR) is 129 cm³/mol. The summed E-state index contributed by atoms with van der Waals surface area (Å²) >= 11 is 5.20. The Morgan fingerprint density at radius 1 is 1.09 bits per heavy atom. The van der Waals surface area contributed by atoms with E-state index in [0.717, 1.165) is 36.5 Å². The van der Waals surface area contributed by atoms with Gasteiger partial charge in [0.1, 0.15) is 11.3 Å². The summed E-state index contributed by atoms with van der Waals surface area (Å²) in [6.45, 7) is 1.96. The van der Waals surface area contributed by atoms with Crippen molar-refractivity contribution < 1.29 is 24.2 Å². The minimum atomic E-state index is -1.13. The van der Waals surface area contributed by atoms with Gasteiger partial charge in [-0.05, 0) is 67.9 Å². The van der Waals surface area contributed by atoms with Crippen LogP contribution in [-0.4, -0.2) is 48.2 Å². The Labute approximate surface area is 196 Å². The lowest BCUT2D eigenvalue weighted by atomic mass is 10.0. The average molecular weight is 466 g/mol. The van der Waals surface area contributed by atoms with Crippen molar-refractivity contribution in [2.24, 2.45) is 0 Å². The molecule has 2 heterocycles. The van der Waals surface area contributed by atoms with E-state index in [9.17, 15) is 19.5 Å². The van der Waals surface area contributed by atoms with Gasteiger partial charge in [0.05, 0.1) is 18.4 Å². The molecular weight excluding hydrogens is 442 g/mol. The Balaban J connectivity index is 1.69. The fraction of sp³-hybridized carbons (Fsp3) is 0.250. The van der Waals surface area contributed by atoms with Crippen molar-refractivity contribution in [3.8, 4) is 5.75 Å². The molecule has 0 bridgehead atoms. The van der Waals surface area contributed by atoms with Gasteiger partial charge in [0, 0.05) is 30.4 Å². The van der Waals surface area contributed by atoms with Crippen LogP contribution in [0.15, 0.2) is 48.0 Å². The van der Waals surface area contributed by atoms with Crippen LogP contribution in [0.4, 0.5) is 11.4 Å². The molecule has 9 heteroatoms. The standard InChI is InChI=1S/C24H23N3O5S/c1-32-20-14-17(26-10-3-2-4-11-26)9-8-15(20)13-19-21(28)25-24(33)27(22(19)29)18-7-5-6-16(12-18)23(30)31/h5-9,12-14H,2-4,10-11H2,1H3,(H,30,31)(H,25,28,33). The van der Waals surface area contributed by atoms with Gasteiger partial charge in [0.2, 0.25) is 0 Å². The summed E-state index contributed by atoms with van der Waals surface area (Å²) in [6, 6.07) is 11.5. The van der Waals surface area contributed by atoms with Crippen molar-refractivity contribution >= 4 is 52.6 Å². The predicted octanol–water partition coefficient (Wildman–Crippen LogP) is 3.22. The highest BCUT2D eigenvalue weighted by Crippen LogP contribution is 2.30. The summed E-state index contributed by atoms with van der Waals surface area (Å²) in [7, 11) is 1.54. The number of anilines is 2. The van der Waals surface area contributed by atoms with E-state index in [2.05, 4.69) is 10.2 Å². The molecule has 2 aromatic carbocycles. The van der Waals surface area contributed by atoms with Gasteiger partial charge >= 0.3 is 5.97 Å². The summed E-state index contributed by atoms with van der Waals surface area (Å²) in [4.78, 5) is 40.6. The molecule has 0 unspecified atom stereocenters. The van der Waals surface area contributed by atoms with Crippen molar-refractivity contribution in [1.82, 2.24) is 5.32 Å². The van der Waals surface area contributed by atoms with Crippen LogP contribution in [-0.2, 0) is 9.59 Å². The number of hydrogen-bond donors (Lipinski definition) is 2. The maximum atomic E-state index is 13.3. The van der Waals surface area contributed by atoms with Crippen LogP contribution in [0.2, 0.25) is 0 Å². The highest BCUT2D eigenvalue weighted by atomic mass is 32.1. The number of carbonyl (C=O) groups is 3. The van der Waals surface area contributed by atoms with Crippen LogP contribution in [0.3, 0.4) is 0 Å². The molecule has 2 aromatic rings. The molecule has 2 amide bonds. The summed E-state index contributed by atoms with van der Waals surface area (Å²) in [6.07, 6.45) is 4.97. The lowest BCUT2D eigenvalue weighted by Crippen LogP contribution is -2.54. The van der Waals surface area contributed by atoms with E-state index < -0.39 is 17.8 Å². The number of carboxylic acid groups (broad SMARTS) is 1. The second-order valence-electron chi connectivity index (χ2n) is 7.79. The van der Waals surface area contributed by atoms with Gasteiger partial charge in [-0.3, -0.25) is 19.8 Å². The van der Waals surface area contributed by atoms with E-state index in [4.69, 9.17) is 17.0 Å². The third kappa shape index (κ3) is 4.58. The van der Waals surface area contributed by atoms with Crippen LogP contribution in [0, 0.1) is 0 Å². The number of nitrogens with one attached hydrogen (secondary N) is 1. The zero-order valence-electron chi connectivity index (χ0n) is 18.0. The first kappa shape index (κ1) is 22.5. The topological polar surface area (TPSA) is 99.2 Å². The quantitative estimate of drug-likeness (QED) is 0.397. The molecule has 2 aliphatic rings. The zero-order chi connectivity index (χ0) is 23.5. The van der Waals surface area contributed by atoms with Crippen molar-refractivity contribution in [1.29, 1.82) is 0 Å². The minimum absolute atomic E-state index is 0.000463. The monoisotopic (exact) mass is 465 g/mol. The summed E-state index contributed by atoms with van der Waals surface area (Å²) in [5.41, 5.74) is 1.72. The Bertz CT molecular complexity index is 1170. The van der Waals surface area contributed by atoms with Crippen LogP contribution in [0.5, 0.6) is 5.75 Å². The first-order chi connectivity index (χ1) is 15.9. The SMILES string of the molecule is COc1cc(N2CCCCC2)ccc1C=C1C(=O)NC(=S)N(c2cccc(C(=O)O)c2)C1=O. The lowest BCUT2D eigenvalue weighted by molar-refractivity contribution is -0.122. The first-order valence-corrected chi connectivity index (χ1v) is 11.0. The van der Waals surface area contributed by atoms with Crippen LogP contribution in [0.1, 0.15) is 35.2 Å². The van der Waals surface area contributed by atoms with Crippen molar-refractivity contribution in [2.75, 3.05) is 30.0 Å². The first-order valence-electron chi connectivity index (χ1n) is 10.6. The second-order valence-corrected chi connectivity index (χ2v) is 8.17. The summed E-state index contributed by atoms with van der Waals surface area (Å²) < 4.78 is 5.54. The Morgan fingerprint density at radius 2 is 1.85 bits per heavy atom.